The Kier molecular flexibility index (Phi) is 7.11. The highest BCUT2D eigenvalue weighted by Crippen LogP contribution is 2.16. The average Bonchev–Trinajstić information content (AvgIpc) is 2.76. The van der Waals surface area contributed by atoms with Crippen LogP contribution in [0.5, 0.6) is 0 Å². The monoisotopic (exact) mass is 382 g/mol. The molecule has 1 aromatic heterocycles. The molecule has 0 bridgehead atoms. The van der Waals surface area contributed by atoms with Crippen LogP contribution in [0.25, 0.3) is 0 Å². The Labute approximate surface area is 165 Å². The third-order valence-electron chi connectivity index (χ3n) is 4.69. The molecule has 2 aromatic rings. The van der Waals surface area contributed by atoms with Gasteiger partial charge in [0.25, 0.3) is 11.8 Å². The predicted molar refractivity (Wildman–Crippen MR) is 108 cm³/mol. The topological polar surface area (TPSA) is 74.8 Å². The van der Waals surface area contributed by atoms with Gasteiger partial charge in [-0.1, -0.05) is 18.2 Å². The highest BCUT2D eigenvalue weighted by molar-refractivity contribution is 6.07. The lowest BCUT2D eigenvalue weighted by molar-refractivity contribution is 0.0383. The summed E-state index contributed by atoms with van der Waals surface area (Å²) in [5.41, 5.74) is 1.60. The van der Waals surface area contributed by atoms with E-state index in [-0.39, 0.29) is 11.8 Å². The van der Waals surface area contributed by atoms with E-state index in [0.717, 1.165) is 38.5 Å². The quantitative estimate of drug-likeness (QED) is 0.791. The Morgan fingerprint density at radius 2 is 1.86 bits per heavy atom. The van der Waals surface area contributed by atoms with E-state index in [4.69, 9.17) is 4.74 Å². The van der Waals surface area contributed by atoms with Crippen LogP contribution >= 0.6 is 0 Å². The number of nitrogens with zero attached hydrogens (tertiary/aromatic N) is 3. The first-order valence-electron chi connectivity index (χ1n) is 9.59. The Balaban J connectivity index is 1.62. The standard InChI is InChI=1S/C21H26N4O3/c1-2-25(19-6-4-3-5-7-19)21(27)18-14-17(15-22-16-18)20(26)23-8-9-24-10-12-28-13-11-24/h3-7,14-16H,2,8-13H2,1H3,(H,23,26). The van der Waals surface area contributed by atoms with Gasteiger partial charge < -0.3 is 15.0 Å². The molecule has 2 amide bonds. The summed E-state index contributed by atoms with van der Waals surface area (Å²) in [5.74, 6) is -0.401. The van der Waals surface area contributed by atoms with Crippen molar-refractivity contribution >= 4 is 17.5 Å². The second-order valence-electron chi connectivity index (χ2n) is 6.56. The molecule has 1 aromatic carbocycles. The van der Waals surface area contributed by atoms with E-state index in [1.807, 2.05) is 37.3 Å². The van der Waals surface area contributed by atoms with Gasteiger partial charge in [-0.25, -0.2) is 0 Å². The van der Waals surface area contributed by atoms with Crippen molar-refractivity contribution in [2.75, 3.05) is 50.8 Å². The predicted octanol–water partition coefficient (Wildman–Crippen LogP) is 1.81. The summed E-state index contributed by atoms with van der Waals surface area (Å²) < 4.78 is 5.32. The molecule has 1 aliphatic rings. The number of rotatable bonds is 7. The number of hydrogen-bond acceptors (Lipinski definition) is 5. The molecule has 3 rings (SSSR count). The van der Waals surface area contributed by atoms with Crippen molar-refractivity contribution < 1.29 is 14.3 Å². The minimum atomic E-state index is -0.224. The highest BCUT2D eigenvalue weighted by atomic mass is 16.5. The van der Waals surface area contributed by atoms with Crippen molar-refractivity contribution in [2.45, 2.75) is 6.92 Å². The number of benzene rings is 1. The van der Waals surface area contributed by atoms with Gasteiger partial charge in [-0.2, -0.15) is 0 Å². The van der Waals surface area contributed by atoms with E-state index < -0.39 is 0 Å². The summed E-state index contributed by atoms with van der Waals surface area (Å²) in [7, 11) is 0. The molecule has 1 aliphatic heterocycles. The Morgan fingerprint density at radius 1 is 1.14 bits per heavy atom. The number of nitrogens with one attached hydrogen (secondary N) is 1. The van der Waals surface area contributed by atoms with Crippen LogP contribution in [0.2, 0.25) is 0 Å². The first-order valence-corrected chi connectivity index (χ1v) is 9.59. The molecule has 0 atom stereocenters. The van der Waals surface area contributed by atoms with Crippen LogP contribution in [0.4, 0.5) is 5.69 Å². The number of pyridine rings is 1. The van der Waals surface area contributed by atoms with Gasteiger partial charge in [0.15, 0.2) is 0 Å². The zero-order chi connectivity index (χ0) is 19.8. The number of morpholine rings is 1. The largest absolute Gasteiger partial charge is 0.379 e. The molecule has 2 heterocycles. The zero-order valence-corrected chi connectivity index (χ0v) is 16.1. The molecule has 0 unspecified atom stereocenters. The molecule has 0 saturated carbocycles. The van der Waals surface area contributed by atoms with Crippen LogP contribution in [-0.4, -0.2) is 67.6 Å². The number of para-hydroxylation sites is 1. The molecule has 0 spiro atoms. The Morgan fingerprint density at radius 3 is 2.57 bits per heavy atom. The lowest BCUT2D eigenvalue weighted by Crippen LogP contribution is -2.41. The van der Waals surface area contributed by atoms with Gasteiger partial charge in [-0.15, -0.1) is 0 Å². The van der Waals surface area contributed by atoms with E-state index in [2.05, 4.69) is 15.2 Å². The summed E-state index contributed by atoms with van der Waals surface area (Å²) in [6, 6.07) is 11.1. The van der Waals surface area contributed by atoms with E-state index >= 15 is 0 Å². The molecular formula is C21H26N4O3. The smallest absolute Gasteiger partial charge is 0.259 e. The van der Waals surface area contributed by atoms with Crippen LogP contribution < -0.4 is 10.2 Å². The van der Waals surface area contributed by atoms with Gasteiger partial charge in [0.1, 0.15) is 0 Å². The summed E-state index contributed by atoms with van der Waals surface area (Å²) in [5, 5.41) is 2.90. The summed E-state index contributed by atoms with van der Waals surface area (Å²) in [6.07, 6.45) is 2.98. The molecule has 7 nitrogen and oxygen atoms in total. The number of carbonyl (C=O) groups is 2. The lowest BCUT2D eigenvalue weighted by Gasteiger charge is -2.26. The number of amides is 2. The van der Waals surface area contributed by atoms with Crippen molar-refractivity contribution in [2.24, 2.45) is 0 Å². The van der Waals surface area contributed by atoms with E-state index in [1.165, 1.54) is 12.4 Å². The van der Waals surface area contributed by atoms with Gasteiger partial charge >= 0.3 is 0 Å². The maximum atomic E-state index is 12.9. The van der Waals surface area contributed by atoms with Crippen molar-refractivity contribution in [3.8, 4) is 0 Å². The third-order valence-corrected chi connectivity index (χ3v) is 4.69. The van der Waals surface area contributed by atoms with Gasteiger partial charge in [-0.05, 0) is 25.1 Å². The fraction of sp³-hybridized carbons (Fsp3) is 0.381. The number of anilines is 1. The van der Waals surface area contributed by atoms with E-state index in [9.17, 15) is 9.59 Å². The molecule has 28 heavy (non-hydrogen) atoms. The van der Waals surface area contributed by atoms with Gasteiger partial charge in [0, 0.05) is 50.8 Å². The molecule has 0 radical (unpaired) electrons. The fourth-order valence-electron chi connectivity index (χ4n) is 3.14. The molecule has 0 aliphatic carbocycles. The minimum Gasteiger partial charge on any atom is -0.379 e. The van der Waals surface area contributed by atoms with Crippen LogP contribution in [0, 0.1) is 0 Å². The minimum absolute atomic E-state index is 0.177. The number of aromatic nitrogens is 1. The van der Waals surface area contributed by atoms with Crippen molar-refractivity contribution in [1.29, 1.82) is 0 Å². The van der Waals surface area contributed by atoms with Gasteiger partial charge in [0.2, 0.25) is 0 Å². The molecule has 148 valence electrons. The summed E-state index contributed by atoms with van der Waals surface area (Å²) >= 11 is 0. The summed E-state index contributed by atoms with van der Waals surface area (Å²) in [6.45, 7) is 7.00. The first kappa shape index (κ1) is 20.0. The second kappa shape index (κ2) is 9.96. The number of ether oxygens (including phenoxy) is 1. The molecular weight excluding hydrogens is 356 g/mol. The summed E-state index contributed by atoms with van der Waals surface area (Å²) in [4.78, 5) is 33.4. The third kappa shape index (κ3) is 5.15. The van der Waals surface area contributed by atoms with Gasteiger partial charge in [-0.3, -0.25) is 19.5 Å². The van der Waals surface area contributed by atoms with Crippen LogP contribution in [0.1, 0.15) is 27.6 Å². The van der Waals surface area contributed by atoms with Crippen molar-refractivity contribution in [1.82, 2.24) is 15.2 Å². The Hall–Kier alpha value is -2.77. The van der Waals surface area contributed by atoms with Crippen LogP contribution in [-0.2, 0) is 4.74 Å². The van der Waals surface area contributed by atoms with Crippen molar-refractivity contribution in [3.05, 3.63) is 59.9 Å². The lowest BCUT2D eigenvalue weighted by atomic mass is 10.1. The maximum absolute atomic E-state index is 12.9. The Bertz CT molecular complexity index is 791. The van der Waals surface area contributed by atoms with E-state index in [1.54, 1.807) is 11.0 Å². The molecule has 1 saturated heterocycles. The average molecular weight is 382 g/mol. The second-order valence-corrected chi connectivity index (χ2v) is 6.56. The maximum Gasteiger partial charge on any atom is 0.259 e. The zero-order valence-electron chi connectivity index (χ0n) is 16.1. The van der Waals surface area contributed by atoms with Crippen LogP contribution in [0.15, 0.2) is 48.8 Å². The van der Waals surface area contributed by atoms with Crippen molar-refractivity contribution in [3.63, 3.8) is 0 Å². The van der Waals surface area contributed by atoms with Gasteiger partial charge in [0.05, 0.1) is 24.3 Å². The number of carbonyl (C=O) groups excluding carboxylic acids is 2. The number of hydrogen-bond donors (Lipinski definition) is 1. The highest BCUT2D eigenvalue weighted by Gasteiger charge is 2.18. The fourth-order valence-corrected chi connectivity index (χ4v) is 3.14. The molecule has 1 N–H and O–H groups in total. The normalized spacial score (nSPS) is 14.5. The molecule has 7 heteroatoms. The molecule has 1 fully saturated rings. The first-order chi connectivity index (χ1) is 13.7. The SMILES string of the molecule is CCN(C(=O)c1cncc(C(=O)NCCN2CCOCC2)c1)c1ccccc1. The van der Waals surface area contributed by atoms with Crippen LogP contribution in [0.3, 0.4) is 0 Å². The van der Waals surface area contributed by atoms with E-state index in [0.29, 0.717) is 24.2 Å².